The van der Waals surface area contributed by atoms with Crippen molar-refractivity contribution in [1.29, 1.82) is 0 Å². The number of benzene rings is 1. The Bertz CT molecular complexity index is 827. The Morgan fingerprint density at radius 2 is 1.92 bits per heavy atom. The van der Waals surface area contributed by atoms with Gasteiger partial charge in [0.15, 0.2) is 0 Å². The highest BCUT2D eigenvalue weighted by Crippen LogP contribution is 2.40. The van der Waals surface area contributed by atoms with Gasteiger partial charge in [-0.3, -0.25) is 4.79 Å². The van der Waals surface area contributed by atoms with E-state index in [0.29, 0.717) is 25.0 Å². The molecule has 5 nitrogen and oxygen atoms in total. The van der Waals surface area contributed by atoms with Gasteiger partial charge in [0, 0.05) is 19.0 Å². The highest BCUT2D eigenvalue weighted by molar-refractivity contribution is 5.81. The van der Waals surface area contributed by atoms with E-state index in [9.17, 15) is 4.79 Å². The molecule has 1 aliphatic carbocycles. The number of nitrogens with zero attached hydrogens (tertiary/aromatic N) is 3. The molecule has 1 saturated carbocycles. The molecule has 2 aliphatic heterocycles. The maximum atomic E-state index is 12.4. The maximum absolute atomic E-state index is 12.4. The van der Waals surface area contributed by atoms with Crippen LogP contribution in [-0.4, -0.2) is 40.1 Å². The lowest BCUT2D eigenvalue weighted by molar-refractivity contribution is -0.136. The first kappa shape index (κ1) is 16.1. The van der Waals surface area contributed by atoms with Crippen molar-refractivity contribution in [2.45, 2.75) is 44.8 Å². The van der Waals surface area contributed by atoms with Gasteiger partial charge in [-0.25, -0.2) is 4.98 Å². The van der Waals surface area contributed by atoms with Gasteiger partial charge in [-0.05, 0) is 38.2 Å². The molecular weight excluding hydrogens is 326 g/mol. The predicted molar refractivity (Wildman–Crippen MR) is 98.6 cm³/mol. The fourth-order valence-electron chi connectivity index (χ4n) is 4.45. The molecule has 0 radical (unpaired) electrons. The van der Waals surface area contributed by atoms with E-state index >= 15 is 0 Å². The lowest BCUT2D eigenvalue weighted by Gasteiger charge is -2.46. The molecule has 0 unspecified atom stereocenters. The minimum atomic E-state index is -0.0787. The third-order valence-electron chi connectivity index (χ3n) is 6.19. The minimum absolute atomic E-state index is 0.0787. The zero-order valence-electron chi connectivity index (χ0n) is 15.3. The molecule has 1 spiro atoms. The number of piperidine rings is 1. The van der Waals surface area contributed by atoms with E-state index in [4.69, 9.17) is 4.74 Å². The van der Waals surface area contributed by atoms with Crippen LogP contribution in [0, 0.1) is 12.8 Å². The number of imidazole rings is 1. The molecule has 0 atom stereocenters. The normalized spacial score (nSPS) is 21.7. The van der Waals surface area contributed by atoms with Gasteiger partial charge in [0.25, 0.3) is 0 Å². The number of aryl methyl sites for hydroxylation is 1. The Labute approximate surface area is 154 Å². The summed E-state index contributed by atoms with van der Waals surface area (Å²) < 4.78 is 8.34. The van der Waals surface area contributed by atoms with Crippen molar-refractivity contribution in [2.24, 2.45) is 5.92 Å². The first-order valence-electron chi connectivity index (χ1n) is 9.67. The summed E-state index contributed by atoms with van der Waals surface area (Å²) in [6, 6.07) is 8.65. The van der Waals surface area contributed by atoms with Crippen molar-refractivity contribution in [3.63, 3.8) is 0 Å². The Hall–Kier alpha value is -2.14. The molecule has 136 valence electrons. The number of carbonyl (C=O) groups is 1. The van der Waals surface area contributed by atoms with Gasteiger partial charge in [-0.2, -0.15) is 0 Å². The van der Waals surface area contributed by atoms with E-state index in [0.717, 1.165) is 44.6 Å². The number of likely N-dealkylation sites (tertiary alicyclic amines) is 1. The quantitative estimate of drug-likeness (QED) is 0.835. The van der Waals surface area contributed by atoms with Crippen LogP contribution >= 0.6 is 0 Å². The number of aromatic nitrogens is 2. The second kappa shape index (κ2) is 5.95. The zero-order chi connectivity index (χ0) is 17.7. The number of fused-ring (bicyclic) bond motifs is 2. The Morgan fingerprint density at radius 1 is 1.19 bits per heavy atom. The average molecular weight is 351 g/mol. The van der Waals surface area contributed by atoms with Crippen LogP contribution in [0.4, 0.5) is 0 Å². The monoisotopic (exact) mass is 351 g/mol. The van der Waals surface area contributed by atoms with E-state index in [1.54, 1.807) is 0 Å². The van der Waals surface area contributed by atoms with Crippen LogP contribution in [0.25, 0.3) is 11.3 Å². The standard InChI is InChI=1S/C21H25N3O2/c1-15-2-4-16(5-3-15)18-12-22-19-13-26-14-21(24(18)19)8-10-23(11-9-21)20(25)17-6-7-17/h2-5,12,17H,6-11,13-14H2,1H3. The van der Waals surface area contributed by atoms with Gasteiger partial charge in [-0.1, -0.05) is 29.8 Å². The SMILES string of the molecule is Cc1ccc(-c2cnc3n2C2(CCN(C(=O)C4CC4)CC2)COC3)cc1. The van der Waals surface area contributed by atoms with Gasteiger partial charge in [0.05, 0.1) is 24.0 Å². The van der Waals surface area contributed by atoms with Crippen molar-refractivity contribution in [2.75, 3.05) is 19.7 Å². The summed E-state index contributed by atoms with van der Waals surface area (Å²) in [4.78, 5) is 19.1. The molecular formula is C21H25N3O2. The molecule has 3 aliphatic rings. The zero-order valence-corrected chi connectivity index (χ0v) is 15.3. The first-order valence-corrected chi connectivity index (χ1v) is 9.67. The van der Waals surface area contributed by atoms with Crippen molar-refractivity contribution in [1.82, 2.24) is 14.5 Å². The van der Waals surface area contributed by atoms with Crippen LogP contribution in [-0.2, 0) is 21.7 Å². The molecule has 0 bridgehead atoms. The van der Waals surface area contributed by atoms with Crippen LogP contribution in [0.1, 0.15) is 37.1 Å². The Morgan fingerprint density at radius 3 is 2.62 bits per heavy atom. The number of hydrogen-bond acceptors (Lipinski definition) is 3. The van der Waals surface area contributed by atoms with Gasteiger partial charge in [0.2, 0.25) is 5.91 Å². The van der Waals surface area contributed by atoms with Crippen LogP contribution in [0.2, 0.25) is 0 Å². The molecule has 2 fully saturated rings. The van der Waals surface area contributed by atoms with Crippen molar-refractivity contribution < 1.29 is 9.53 Å². The minimum Gasteiger partial charge on any atom is -0.371 e. The molecule has 1 saturated heterocycles. The first-order chi connectivity index (χ1) is 12.7. The molecule has 26 heavy (non-hydrogen) atoms. The summed E-state index contributed by atoms with van der Waals surface area (Å²) in [7, 11) is 0. The van der Waals surface area contributed by atoms with Gasteiger partial charge >= 0.3 is 0 Å². The van der Waals surface area contributed by atoms with E-state index in [2.05, 4.69) is 45.6 Å². The van der Waals surface area contributed by atoms with E-state index < -0.39 is 0 Å². The van der Waals surface area contributed by atoms with Crippen LogP contribution in [0.3, 0.4) is 0 Å². The summed E-state index contributed by atoms with van der Waals surface area (Å²) in [5.74, 6) is 1.67. The lowest BCUT2D eigenvalue weighted by Crippen LogP contribution is -2.52. The van der Waals surface area contributed by atoms with Gasteiger partial charge in [0.1, 0.15) is 12.4 Å². The van der Waals surface area contributed by atoms with Crippen LogP contribution < -0.4 is 0 Å². The van der Waals surface area contributed by atoms with Crippen molar-refractivity contribution in [3.8, 4) is 11.3 Å². The molecule has 2 aromatic rings. The third kappa shape index (κ3) is 2.57. The summed E-state index contributed by atoms with van der Waals surface area (Å²) in [5.41, 5.74) is 3.56. The number of rotatable bonds is 2. The summed E-state index contributed by atoms with van der Waals surface area (Å²) in [6.45, 7) is 5.03. The summed E-state index contributed by atoms with van der Waals surface area (Å²) >= 11 is 0. The van der Waals surface area contributed by atoms with Crippen molar-refractivity contribution in [3.05, 3.63) is 41.9 Å². The molecule has 1 aromatic carbocycles. The van der Waals surface area contributed by atoms with Crippen molar-refractivity contribution >= 4 is 5.91 Å². The smallest absolute Gasteiger partial charge is 0.225 e. The van der Waals surface area contributed by atoms with E-state index in [-0.39, 0.29) is 5.54 Å². The number of carbonyl (C=O) groups excluding carboxylic acids is 1. The molecule has 1 amide bonds. The van der Waals surface area contributed by atoms with Crippen LogP contribution in [0.15, 0.2) is 30.5 Å². The maximum Gasteiger partial charge on any atom is 0.225 e. The Kier molecular flexibility index (Phi) is 3.67. The topological polar surface area (TPSA) is 47.4 Å². The molecule has 0 N–H and O–H groups in total. The van der Waals surface area contributed by atoms with Gasteiger partial charge < -0.3 is 14.2 Å². The van der Waals surface area contributed by atoms with E-state index in [1.807, 2.05) is 6.20 Å². The lowest BCUT2D eigenvalue weighted by atomic mass is 9.86. The number of hydrogen-bond donors (Lipinski definition) is 0. The largest absolute Gasteiger partial charge is 0.371 e. The fraction of sp³-hybridized carbons (Fsp3) is 0.524. The highest BCUT2D eigenvalue weighted by atomic mass is 16.5. The molecule has 1 aromatic heterocycles. The summed E-state index contributed by atoms with van der Waals surface area (Å²) in [5, 5.41) is 0. The highest BCUT2D eigenvalue weighted by Gasteiger charge is 2.44. The predicted octanol–water partition coefficient (Wildman–Crippen LogP) is 3.12. The van der Waals surface area contributed by atoms with Gasteiger partial charge in [-0.15, -0.1) is 0 Å². The summed E-state index contributed by atoms with van der Waals surface area (Å²) in [6.07, 6.45) is 6.01. The second-order valence-electron chi connectivity index (χ2n) is 8.08. The van der Waals surface area contributed by atoms with E-state index in [1.165, 1.54) is 16.8 Å². The van der Waals surface area contributed by atoms with Crippen LogP contribution in [0.5, 0.6) is 0 Å². The average Bonchev–Trinajstić information content (AvgIpc) is 3.42. The second-order valence-corrected chi connectivity index (χ2v) is 8.08. The molecule has 5 heteroatoms. The molecule has 5 rings (SSSR count). The molecule has 3 heterocycles. The third-order valence-corrected chi connectivity index (χ3v) is 6.19. The number of ether oxygens (including phenoxy) is 1. The Balaban J connectivity index is 1.47. The number of amides is 1. The fourth-order valence-corrected chi connectivity index (χ4v) is 4.45.